The number of likely N-dealkylation sites (tertiary alicyclic amines) is 1. The topological polar surface area (TPSA) is 67.9 Å². The first kappa shape index (κ1) is 15.3. The Morgan fingerprint density at radius 3 is 2.57 bits per heavy atom. The van der Waals surface area contributed by atoms with Gasteiger partial charge in [-0.3, -0.25) is 14.4 Å². The summed E-state index contributed by atoms with van der Waals surface area (Å²) in [6.07, 6.45) is 0.218. The van der Waals surface area contributed by atoms with Gasteiger partial charge in [0.15, 0.2) is 0 Å². The van der Waals surface area contributed by atoms with Crippen molar-refractivity contribution < 1.29 is 19.2 Å². The molecular weight excluding hydrogens is 272 g/mol. The van der Waals surface area contributed by atoms with Gasteiger partial charge in [0.05, 0.1) is 26.2 Å². The van der Waals surface area contributed by atoms with Crippen LogP contribution in [-0.2, 0) is 14.4 Å². The van der Waals surface area contributed by atoms with Crippen molar-refractivity contribution in [1.82, 2.24) is 10.4 Å². The summed E-state index contributed by atoms with van der Waals surface area (Å²) >= 11 is 0. The van der Waals surface area contributed by atoms with Gasteiger partial charge in [-0.15, -0.1) is 0 Å². The third-order valence-corrected chi connectivity index (χ3v) is 3.80. The van der Waals surface area contributed by atoms with Crippen molar-refractivity contribution in [3.05, 3.63) is 29.8 Å². The van der Waals surface area contributed by atoms with Crippen LogP contribution in [0.3, 0.4) is 0 Å². The van der Waals surface area contributed by atoms with E-state index in [1.807, 2.05) is 31.2 Å². The largest absolute Gasteiger partial charge is 0.497 e. The molecule has 0 aromatic heterocycles. The predicted molar refractivity (Wildman–Crippen MR) is 76.4 cm³/mol. The predicted octanol–water partition coefficient (Wildman–Crippen LogP) is 1.28. The molecule has 2 unspecified atom stereocenters. The molecule has 1 aromatic carbocycles. The van der Waals surface area contributed by atoms with Crippen LogP contribution >= 0.6 is 0 Å². The Bertz CT molecular complexity index is 515. The van der Waals surface area contributed by atoms with Gasteiger partial charge in [0, 0.05) is 13.0 Å². The smallest absolute Gasteiger partial charge is 0.248 e. The fourth-order valence-corrected chi connectivity index (χ4v) is 2.53. The van der Waals surface area contributed by atoms with E-state index in [1.165, 1.54) is 7.11 Å². The maximum atomic E-state index is 12.1. The van der Waals surface area contributed by atoms with Gasteiger partial charge in [-0.2, -0.15) is 0 Å². The van der Waals surface area contributed by atoms with Crippen molar-refractivity contribution in [3.63, 3.8) is 0 Å². The third kappa shape index (κ3) is 3.33. The van der Waals surface area contributed by atoms with Crippen LogP contribution in [0.15, 0.2) is 24.3 Å². The van der Waals surface area contributed by atoms with Gasteiger partial charge in [0.25, 0.3) is 0 Å². The number of methoxy groups -OCH3 is 1. The fraction of sp³-hybridized carbons (Fsp3) is 0.467. The molecule has 1 saturated heterocycles. The zero-order chi connectivity index (χ0) is 15.4. The van der Waals surface area contributed by atoms with Crippen LogP contribution < -0.4 is 10.2 Å². The standard InChI is InChI=1S/C15H20N2O4/c1-10(11-4-6-13(20-2)7-5-11)17-9-12(8-14(17)18)15(19)16-21-3/h4-7,10,12H,8-9H2,1-3H3,(H,16,19). The highest BCUT2D eigenvalue weighted by atomic mass is 16.6. The molecule has 0 saturated carbocycles. The molecule has 0 radical (unpaired) electrons. The molecule has 2 rings (SSSR count). The van der Waals surface area contributed by atoms with Crippen LogP contribution in [0.4, 0.5) is 0 Å². The first-order valence-corrected chi connectivity index (χ1v) is 6.83. The molecule has 1 aliphatic rings. The number of carbonyl (C=O) groups is 2. The van der Waals surface area contributed by atoms with Crippen molar-refractivity contribution in [3.8, 4) is 5.75 Å². The summed E-state index contributed by atoms with van der Waals surface area (Å²) in [5.41, 5.74) is 3.30. The van der Waals surface area contributed by atoms with Gasteiger partial charge in [0.2, 0.25) is 11.8 Å². The molecule has 1 aliphatic heterocycles. The zero-order valence-electron chi connectivity index (χ0n) is 12.5. The van der Waals surface area contributed by atoms with E-state index in [4.69, 9.17) is 4.74 Å². The Morgan fingerprint density at radius 1 is 1.33 bits per heavy atom. The zero-order valence-corrected chi connectivity index (χ0v) is 12.5. The first-order valence-electron chi connectivity index (χ1n) is 6.83. The maximum Gasteiger partial charge on any atom is 0.248 e. The molecule has 2 amide bonds. The number of benzene rings is 1. The minimum absolute atomic E-state index is 0.0189. The van der Waals surface area contributed by atoms with Crippen LogP contribution in [0, 0.1) is 5.92 Å². The monoisotopic (exact) mass is 292 g/mol. The summed E-state index contributed by atoms with van der Waals surface area (Å²) < 4.78 is 5.12. The number of hydroxylamine groups is 1. The fourth-order valence-electron chi connectivity index (χ4n) is 2.53. The lowest BCUT2D eigenvalue weighted by Crippen LogP contribution is -2.33. The molecule has 21 heavy (non-hydrogen) atoms. The van der Waals surface area contributed by atoms with E-state index in [1.54, 1.807) is 12.0 Å². The van der Waals surface area contributed by atoms with Crippen molar-refractivity contribution in [2.75, 3.05) is 20.8 Å². The Labute approximate surface area is 124 Å². The molecule has 0 spiro atoms. The van der Waals surface area contributed by atoms with Gasteiger partial charge >= 0.3 is 0 Å². The second kappa shape index (κ2) is 6.58. The molecule has 1 N–H and O–H groups in total. The van der Waals surface area contributed by atoms with Crippen molar-refractivity contribution >= 4 is 11.8 Å². The summed E-state index contributed by atoms with van der Waals surface area (Å²) in [7, 11) is 2.99. The molecule has 1 fully saturated rings. The lowest BCUT2D eigenvalue weighted by molar-refractivity contribution is -0.135. The van der Waals surface area contributed by atoms with E-state index < -0.39 is 0 Å². The van der Waals surface area contributed by atoms with E-state index in [-0.39, 0.29) is 30.2 Å². The Hall–Kier alpha value is -2.08. The second-order valence-electron chi connectivity index (χ2n) is 5.07. The lowest BCUT2D eigenvalue weighted by atomic mass is 10.1. The van der Waals surface area contributed by atoms with E-state index >= 15 is 0 Å². The van der Waals surface area contributed by atoms with Crippen molar-refractivity contribution in [2.45, 2.75) is 19.4 Å². The number of hydrogen-bond acceptors (Lipinski definition) is 4. The lowest BCUT2D eigenvalue weighted by Gasteiger charge is -2.25. The first-order chi connectivity index (χ1) is 10.1. The van der Waals surface area contributed by atoms with Crippen LogP contribution in [0.5, 0.6) is 5.75 Å². The summed E-state index contributed by atoms with van der Waals surface area (Å²) in [6.45, 7) is 2.36. The number of nitrogens with one attached hydrogen (secondary N) is 1. The SMILES string of the molecule is CONC(=O)C1CC(=O)N(C(C)c2ccc(OC)cc2)C1. The Kier molecular flexibility index (Phi) is 4.80. The van der Waals surface area contributed by atoms with E-state index in [0.717, 1.165) is 11.3 Å². The number of carbonyl (C=O) groups excluding carboxylic acids is 2. The van der Waals surface area contributed by atoms with Crippen LogP contribution in [-0.4, -0.2) is 37.5 Å². The number of amides is 2. The van der Waals surface area contributed by atoms with Gasteiger partial charge < -0.3 is 9.64 Å². The van der Waals surface area contributed by atoms with Gasteiger partial charge in [-0.05, 0) is 24.6 Å². The highest BCUT2D eigenvalue weighted by molar-refractivity contribution is 5.89. The van der Waals surface area contributed by atoms with E-state index in [9.17, 15) is 9.59 Å². The molecule has 1 aromatic rings. The highest BCUT2D eigenvalue weighted by Gasteiger charge is 2.37. The van der Waals surface area contributed by atoms with E-state index in [2.05, 4.69) is 10.3 Å². The highest BCUT2D eigenvalue weighted by Crippen LogP contribution is 2.29. The van der Waals surface area contributed by atoms with E-state index in [0.29, 0.717) is 6.54 Å². The van der Waals surface area contributed by atoms with Crippen molar-refractivity contribution in [2.24, 2.45) is 5.92 Å². The molecule has 1 heterocycles. The Morgan fingerprint density at radius 2 is 2.00 bits per heavy atom. The maximum absolute atomic E-state index is 12.1. The molecule has 0 bridgehead atoms. The summed E-state index contributed by atoms with van der Waals surface area (Å²) in [5.74, 6) is 0.138. The average Bonchev–Trinajstić information content (AvgIpc) is 2.89. The summed E-state index contributed by atoms with van der Waals surface area (Å²) in [5, 5.41) is 0. The Balaban J connectivity index is 2.06. The molecule has 6 nitrogen and oxygen atoms in total. The van der Waals surface area contributed by atoms with Gasteiger partial charge in [-0.25, -0.2) is 5.48 Å². The average molecular weight is 292 g/mol. The van der Waals surface area contributed by atoms with Gasteiger partial charge in [0.1, 0.15) is 5.75 Å². The van der Waals surface area contributed by atoms with Crippen LogP contribution in [0.25, 0.3) is 0 Å². The van der Waals surface area contributed by atoms with Crippen molar-refractivity contribution in [1.29, 1.82) is 0 Å². The van der Waals surface area contributed by atoms with Crippen LogP contribution in [0.2, 0.25) is 0 Å². The van der Waals surface area contributed by atoms with Crippen LogP contribution in [0.1, 0.15) is 24.9 Å². The number of hydrogen-bond donors (Lipinski definition) is 1. The summed E-state index contributed by atoms with van der Waals surface area (Å²) in [4.78, 5) is 30.2. The normalized spacial score (nSPS) is 19.5. The molecule has 0 aliphatic carbocycles. The number of rotatable bonds is 5. The minimum Gasteiger partial charge on any atom is -0.497 e. The molecule has 114 valence electrons. The molecule has 6 heteroatoms. The van der Waals surface area contributed by atoms with Gasteiger partial charge in [-0.1, -0.05) is 12.1 Å². The molecule has 2 atom stereocenters. The summed E-state index contributed by atoms with van der Waals surface area (Å²) in [6, 6.07) is 7.51. The minimum atomic E-state index is -0.363. The number of ether oxygens (including phenoxy) is 1. The number of nitrogens with zero attached hydrogens (tertiary/aromatic N) is 1. The second-order valence-corrected chi connectivity index (χ2v) is 5.07. The quantitative estimate of drug-likeness (QED) is 0.830. The molecular formula is C15H20N2O4. The third-order valence-electron chi connectivity index (χ3n) is 3.80.